The Kier molecular flexibility index (Phi) is 6.38. The number of nitrogens with zero attached hydrogens (tertiary/aromatic N) is 2. The maximum absolute atomic E-state index is 13.1. The monoisotopic (exact) mass is 519 g/mol. The molecule has 1 atom stereocenters. The number of para-hydroxylation sites is 1. The summed E-state index contributed by atoms with van der Waals surface area (Å²) in [4.78, 5) is 27.1. The third-order valence-electron chi connectivity index (χ3n) is 4.78. The number of aromatic nitrogens is 3. The first-order valence-corrected chi connectivity index (χ1v) is 11.5. The number of carboxylic acids is 1. The molecule has 1 aliphatic heterocycles. The zero-order chi connectivity index (χ0) is 22.8. The van der Waals surface area contributed by atoms with Crippen LogP contribution in [-0.4, -0.2) is 40.6 Å². The van der Waals surface area contributed by atoms with Crippen LogP contribution < -0.4 is 25.0 Å². The average Bonchev–Trinajstić information content (AvgIpc) is 2.76. The Balaban J connectivity index is 1.95. The molecule has 2 aromatic carbocycles. The van der Waals surface area contributed by atoms with Crippen LogP contribution >= 0.6 is 27.7 Å². The second kappa shape index (κ2) is 9.21. The van der Waals surface area contributed by atoms with Crippen LogP contribution in [0.25, 0.3) is 11.3 Å². The van der Waals surface area contributed by atoms with Gasteiger partial charge in [-0.1, -0.05) is 40.7 Å². The second-order valence-electron chi connectivity index (χ2n) is 6.78. The highest BCUT2D eigenvalue weighted by Gasteiger charge is 2.40. The number of carbonyl (C=O) groups is 1. The summed E-state index contributed by atoms with van der Waals surface area (Å²) in [6.07, 6.45) is -0.643. The first-order valence-electron chi connectivity index (χ1n) is 9.69. The van der Waals surface area contributed by atoms with Crippen molar-refractivity contribution in [2.45, 2.75) is 18.2 Å². The summed E-state index contributed by atoms with van der Waals surface area (Å²) in [5.74, 6) is 0.259. The number of aromatic amines is 1. The van der Waals surface area contributed by atoms with E-state index in [-0.39, 0.29) is 11.3 Å². The van der Waals surface area contributed by atoms with Crippen molar-refractivity contribution >= 4 is 39.3 Å². The van der Waals surface area contributed by atoms with Crippen LogP contribution in [-0.2, 0) is 4.79 Å². The molecule has 0 fully saturated rings. The van der Waals surface area contributed by atoms with Crippen LogP contribution in [0.2, 0.25) is 0 Å². The van der Waals surface area contributed by atoms with E-state index < -0.39 is 18.7 Å². The first kappa shape index (κ1) is 22.2. The standard InChI is InChI=1S/C21H19BrN4O5S/c1-3-32-21-24-20(29)17-13-9-11(22)7-8-14(13)23-19(26(17)25-21)12-5-4-6-15(30-2)18(12)31-10-16(27)28/h4-9,19H,3,10H2,1-2H3,(H2,24,25,27,28,29)/p+1/t19-/m0/s1. The molecule has 4 rings (SSSR count). The SMILES string of the molecule is CCSc1n[n+]2c(c(=O)[nH]1)-c1cc(Br)ccc1N[C@@H]2c1cccc(OC)c1OCC(=O)O. The molecule has 1 aromatic heterocycles. The molecule has 9 nitrogen and oxygen atoms in total. The third-order valence-corrected chi connectivity index (χ3v) is 6.02. The number of aliphatic carboxylic acids is 1. The van der Waals surface area contributed by atoms with Crippen molar-refractivity contribution in [1.29, 1.82) is 0 Å². The fraction of sp³-hybridized carbons (Fsp3) is 0.238. The Hall–Kier alpha value is -3.05. The zero-order valence-electron chi connectivity index (χ0n) is 17.2. The number of fused-ring (bicyclic) bond motifs is 3. The predicted octanol–water partition coefficient (Wildman–Crippen LogP) is 3.04. The van der Waals surface area contributed by atoms with Crippen molar-refractivity contribution in [1.82, 2.24) is 10.1 Å². The summed E-state index contributed by atoms with van der Waals surface area (Å²) in [5.41, 5.74) is 2.09. The van der Waals surface area contributed by atoms with Crippen LogP contribution in [0.4, 0.5) is 5.69 Å². The lowest BCUT2D eigenvalue weighted by Crippen LogP contribution is -2.55. The molecule has 0 radical (unpaired) electrons. The number of anilines is 1. The van der Waals surface area contributed by atoms with Gasteiger partial charge in [-0.25, -0.2) is 4.79 Å². The number of rotatable bonds is 7. The second-order valence-corrected chi connectivity index (χ2v) is 8.95. The normalized spacial score (nSPS) is 14.2. The molecule has 0 amide bonds. The first-order chi connectivity index (χ1) is 15.4. The quantitative estimate of drug-likeness (QED) is 0.322. The van der Waals surface area contributed by atoms with Crippen LogP contribution in [0, 0.1) is 0 Å². The predicted molar refractivity (Wildman–Crippen MR) is 122 cm³/mol. The number of H-pyrrole nitrogens is 1. The highest BCUT2D eigenvalue weighted by atomic mass is 79.9. The topological polar surface area (TPSA) is 117 Å². The number of thioether (sulfide) groups is 1. The number of ether oxygens (including phenoxy) is 2. The molecule has 0 saturated carbocycles. The van der Waals surface area contributed by atoms with Crippen LogP contribution in [0.1, 0.15) is 18.7 Å². The molecule has 3 aromatic rings. The summed E-state index contributed by atoms with van der Waals surface area (Å²) in [6.45, 7) is 1.43. The average molecular weight is 520 g/mol. The molecule has 0 saturated heterocycles. The van der Waals surface area contributed by atoms with Crippen molar-refractivity contribution in [2.75, 3.05) is 24.8 Å². The number of halogens is 1. The fourth-order valence-corrected chi connectivity index (χ4v) is 4.47. The van der Waals surface area contributed by atoms with Crippen molar-refractivity contribution in [3.05, 3.63) is 56.8 Å². The Bertz CT molecular complexity index is 1250. The van der Waals surface area contributed by atoms with Gasteiger partial charge in [0, 0.05) is 9.57 Å². The summed E-state index contributed by atoms with van der Waals surface area (Å²) in [6, 6.07) is 10.8. The number of carboxylic acid groups (broad SMARTS) is 1. The number of methoxy groups -OCH3 is 1. The van der Waals surface area contributed by atoms with Gasteiger partial charge in [-0.05, 0) is 40.8 Å². The smallest absolute Gasteiger partial charge is 0.341 e. The molecular formula is C21H20BrN4O5S+. The molecule has 0 bridgehead atoms. The summed E-state index contributed by atoms with van der Waals surface area (Å²) < 4.78 is 13.4. The van der Waals surface area contributed by atoms with Gasteiger partial charge < -0.3 is 19.9 Å². The van der Waals surface area contributed by atoms with Gasteiger partial charge in [0.15, 0.2) is 18.1 Å². The number of benzene rings is 2. The molecule has 0 spiro atoms. The summed E-state index contributed by atoms with van der Waals surface area (Å²) >= 11 is 4.88. The van der Waals surface area contributed by atoms with E-state index in [1.165, 1.54) is 18.9 Å². The maximum atomic E-state index is 13.1. The number of nitrogens with one attached hydrogen (secondary N) is 2. The van der Waals surface area contributed by atoms with Gasteiger partial charge in [-0.3, -0.25) is 9.78 Å². The van der Waals surface area contributed by atoms with E-state index in [4.69, 9.17) is 14.6 Å². The van der Waals surface area contributed by atoms with E-state index in [9.17, 15) is 9.59 Å². The lowest BCUT2D eigenvalue weighted by molar-refractivity contribution is -0.759. The van der Waals surface area contributed by atoms with Crippen molar-refractivity contribution in [3.8, 4) is 22.8 Å². The van der Waals surface area contributed by atoms with Gasteiger partial charge in [0.05, 0.1) is 23.9 Å². The molecule has 0 unspecified atom stereocenters. The highest BCUT2D eigenvalue weighted by molar-refractivity contribution is 9.10. The van der Waals surface area contributed by atoms with Crippen LogP contribution in [0.3, 0.4) is 0 Å². The van der Waals surface area contributed by atoms with Gasteiger partial charge in [0.1, 0.15) is 0 Å². The Morgan fingerprint density at radius 2 is 2.16 bits per heavy atom. The fourth-order valence-electron chi connectivity index (χ4n) is 3.52. The summed E-state index contributed by atoms with van der Waals surface area (Å²) in [7, 11) is 1.48. The maximum Gasteiger partial charge on any atom is 0.341 e. The van der Waals surface area contributed by atoms with E-state index in [2.05, 4.69) is 31.3 Å². The summed E-state index contributed by atoms with van der Waals surface area (Å²) in [5, 5.41) is 17.7. The number of hydrogen-bond acceptors (Lipinski definition) is 7. The Morgan fingerprint density at radius 1 is 1.34 bits per heavy atom. The molecule has 2 heterocycles. The van der Waals surface area contributed by atoms with Crippen molar-refractivity contribution in [2.24, 2.45) is 0 Å². The molecule has 11 heteroatoms. The zero-order valence-corrected chi connectivity index (χ0v) is 19.6. The van der Waals surface area contributed by atoms with Crippen LogP contribution in [0.15, 0.2) is 50.8 Å². The molecule has 32 heavy (non-hydrogen) atoms. The molecule has 0 aliphatic carbocycles. The van der Waals surface area contributed by atoms with Gasteiger partial charge in [-0.2, -0.15) is 0 Å². The van der Waals surface area contributed by atoms with Gasteiger partial charge in [0.25, 0.3) is 6.17 Å². The van der Waals surface area contributed by atoms with Gasteiger partial charge in [0.2, 0.25) is 5.16 Å². The lowest BCUT2D eigenvalue weighted by atomic mass is 10.0. The molecule has 3 N–H and O–H groups in total. The van der Waals surface area contributed by atoms with E-state index >= 15 is 0 Å². The number of hydrogen-bond donors (Lipinski definition) is 3. The Labute approximate surface area is 195 Å². The minimum Gasteiger partial charge on any atom is -0.493 e. The molecule has 166 valence electrons. The van der Waals surface area contributed by atoms with Gasteiger partial charge in [-0.15, -0.1) is 0 Å². The van der Waals surface area contributed by atoms with Crippen molar-refractivity contribution in [3.63, 3.8) is 0 Å². The highest BCUT2D eigenvalue weighted by Crippen LogP contribution is 2.39. The molecular weight excluding hydrogens is 500 g/mol. The largest absolute Gasteiger partial charge is 0.493 e. The van der Waals surface area contributed by atoms with E-state index in [1.54, 1.807) is 22.9 Å². The minimum absolute atomic E-state index is 0.265. The lowest BCUT2D eigenvalue weighted by Gasteiger charge is -2.24. The van der Waals surface area contributed by atoms with E-state index in [0.717, 1.165) is 15.9 Å². The molecule has 1 aliphatic rings. The van der Waals surface area contributed by atoms with Crippen LogP contribution in [0.5, 0.6) is 11.5 Å². The third kappa shape index (κ3) is 4.17. The van der Waals surface area contributed by atoms with E-state index in [0.29, 0.717) is 27.7 Å². The minimum atomic E-state index is -1.11. The van der Waals surface area contributed by atoms with Gasteiger partial charge >= 0.3 is 17.2 Å². The van der Waals surface area contributed by atoms with Crippen molar-refractivity contribution < 1.29 is 24.1 Å². The Morgan fingerprint density at radius 3 is 2.88 bits per heavy atom. The van der Waals surface area contributed by atoms with E-state index in [1.807, 2.05) is 25.1 Å².